The molecule has 0 spiro atoms. The predicted octanol–water partition coefficient (Wildman–Crippen LogP) is 2.09. The van der Waals surface area contributed by atoms with E-state index < -0.39 is 6.04 Å². The van der Waals surface area contributed by atoms with Crippen LogP contribution in [0.4, 0.5) is 5.82 Å². The van der Waals surface area contributed by atoms with Crippen LogP contribution in [-0.2, 0) is 9.53 Å². The Morgan fingerprint density at radius 1 is 1.20 bits per heavy atom. The van der Waals surface area contributed by atoms with Crippen LogP contribution in [0.2, 0.25) is 0 Å². The molecule has 1 aromatic rings. The summed E-state index contributed by atoms with van der Waals surface area (Å²) in [5, 5.41) is 0. The average molecular weight is 456 g/mol. The molecule has 9 heteroatoms. The van der Waals surface area contributed by atoms with Crippen molar-refractivity contribution in [1.29, 1.82) is 0 Å². The zero-order chi connectivity index (χ0) is 16.2. The van der Waals surface area contributed by atoms with Crippen molar-refractivity contribution >= 4 is 52.5 Å². The van der Waals surface area contributed by atoms with Crippen LogP contribution in [0.1, 0.15) is 12.8 Å². The lowest BCUT2D eigenvalue weighted by Crippen LogP contribution is -2.55. The minimum absolute atomic E-state index is 0. The van der Waals surface area contributed by atoms with Gasteiger partial charge in [-0.3, -0.25) is 4.79 Å². The number of pyridine rings is 1. The number of amides is 1. The molecule has 25 heavy (non-hydrogen) atoms. The normalized spacial score (nSPS) is 19.6. The standard InChI is InChI=1S/C16H23BrN4O2.2ClH/c17-13-1-2-14(19-11-13)20-5-7-21(8-6-20)16(22)15(18)12-3-9-23-10-4-12;;/h1-2,11-12,15H,3-10,18H2;2*1H. The summed E-state index contributed by atoms with van der Waals surface area (Å²) < 4.78 is 6.32. The summed E-state index contributed by atoms with van der Waals surface area (Å²) in [7, 11) is 0. The fraction of sp³-hybridized carbons (Fsp3) is 0.625. The van der Waals surface area contributed by atoms with Crippen LogP contribution in [-0.4, -0.2) is 61.2 Å². The van der Waals surface area contributed by atoms with Gasteiger partial charge in [0.2, 0.25) is 5.91 Å². The molecule has 2 saturated heterocycles. The van der Waals surface area contributed by atoms with Gasteiger partial charge in [-0.15, -0.1) is 24.8 Å². The van der Waals surface area contributed by atoms with Crippen molar-refractivity contribution in [3.63, 3.8) is 0 Å². The van der Waals surface area contributed by atoms with Gasteiger partial charge in [0, 0.05) is 50.1 Å². The van der Waals surface area contributed by atoms with Crippen LogP contribution < -0.4 is 10.6 Å². The first-order valence-corrected chi connectivity index (χ1v) is 8.93. The Morgan fingerprint density at radius 3 is 2.40 bits per heavy atom. The van der Waals surface area contributed by atoms with E-state index in [1.54, 1.807) is 6.20 Å². The van der Waals surface area contributed by atoms with Gasteiger partial charge >= 0.3 is 0 Å². The van der Waals surface area contributed by atoms with Crippen molar-refractivity contribution in [2.45, 2.75) is 18.9 Å². The van der Waals surface area contributed by atoms with Gasteiger partial charge in [-0.2, -0.15) is 0 Å². The summed E-state index contributed by atoms with van der Waals surface area (Å²) in [6.45, 7) is 4.42. The molecular weight excluding hydrogens is 431 g/mol. The van der Waals surface area contributed by atoms with Crippen LogP contribution in [0.5, 0.6) is 0 Å². The smallest absolute Gasteiger partial charge is 0.239 e. The Morgan fingerprint density at radius 2 is 1.84 bits per heavy atom. The number of piperazine rings is 1. The molecule has 2 aliphatic rings. The van der Waals surface area contributed by atoms with Crippen LogP contribution in [0.3, 0.4) is 0 Å². The second-order valence-electron chi connectivity index (χ2n) is 6.12. The van der Waals surface area contributed by atoms with E-state index in [0.29, 0.717) is 26.3 Å². The summed E-state index contributed by atoms with van der Waals surface area (Å²) >= 11 is 3.40. The Labute approximate surface area is 169 Å². The van der Waals surface area contributed by atoms with Crippen molar-refractivity contribution < 1.29 is 9.53 Å². The number of nitrogens with two attached hydrogens (primary N) is 1. The molecule has 0 radical (unpaired) electrons. The molecule has 1 aromatic heterocycles. The molecule has 0 aliphatic carbocycles. The van der Waals surface area contributed by atoms with Gasteiger partial charge in [0.15, 0.2) is 0 Å². The third kappa shape index (κ3) is 5.69. The maximum Gasteiger partial charge on any atom is 0.239 e. The van der Waals surface area contributed by atoms with Crippen LogP contribution in [0.25, 0.3) is 0 Å². The largest absolute Gasteiger partial charge is 0.381 e. The summed E-state index contributed by atoms with van der Waals surface area (Å²) in [6.07, 6.45) is 3.57. The number of anilines is 1. The van der Waals surface area contributed by atoms with Crippen molar-refractivity contribution in [2.24, 2.45) is 11.7 Å². The summed E-state index contributed by atoms with van der Waals surface area (Å²) in [5.74, 6) is 1.29. The van der Waals surface area contributed by atoms with Gasteiger partial charge in [0.1, 0.15) is 5.82 Å². The molecule has 0 saturated carbocycles. The highest BCUT2D eigenvalue weighted by Crippen LogP contribution is 2.21. The highest BCUT2D eigenvalue weighted by atomic mass is 79.9. The van der Waals surface area contributed by atoms with Gasteiger partial charge < -0.3 is 20.3 Å². The van der Waals surface area contributed by atoms with E-state index in [0.717, 1.165) is 36.2 Å². The average Bonchev–Trinajstić information content (AvgIpc) is 2.62. The van der Waals surface area contributed by atoms with Gasteiger partial charge in [-0.1, -0.05) is 0 Å². The van der Waals surface area contributed by atoms with Gasteiger partial charge in [0.25, 0.3) is 0 Å². The van der Waals surface area contributed by atoms with E-state index in [2.05, 4.69) is 25.8 Å². The monoisotopic (exact) mass is 454 g/mol. The minimum atomic E-state index is -0.392. The molecule has 6 nitrogen and oxygen atoms in total. The van der Waals surface area contributed by atoms with Crippen LogP contribution in [0.15, 0.2) is 22.8 Å². The molecule has 3 heterocycles. The van der Waals surface area contributed by atoms with E-state index in [9.17, 15) is 4.79 Å². The van der Waals surface area contributed by atoms with Gasteiger partial charge in [-0.25, -0.2) is 4.98 Å². The number of hydrogen-bond donors (Lipinski definition) is 1. The number of carbonyl (C=O) groups excluding carboxylic acids is 1. The number of nitrogens with zero attached hydrogens (tertiary/aromatic N) is 3. The maximum atomic E-state index is 12.6. The number of rotatable bonds is 3. The number of ether oxygens (including phenoxy) is 1. The van der Waals surface area contributed by atoms with Crippen molar-refractivity contribution in [3.8, 4) is 0 Å². The van der Waals surface area contributed by atoms with E-state index in [1.807, 2.05) is 17.0 Å². The summed E-state index contributed by atoms with van der Waals surface area (Å²) in [4.78, 5) is 21.1. The summed E-state index contributed by atoms with van der Waals surface area (Å²) in [6, 6.07) is 3.59. The first-order valence-electron chi connectivity index (χ1n) is 8.14. The van der Waals surface area contributed by atoms with Crippen molar-refractivity contribution in [2.75, 3.05) is 44.3 Å². The van der Waals surface area contributed by atoms with Crippen LogP contribution >= 0.6 is 40.7 Å². The fourth-order valence-corrected chi connectivity index (χ4v) is 3.43. The number of halogens is 3. The minimum Gasteiger partial charge on any atom is -0.381 e. The molecule has 1 atom stereocenters. The molecule has 1 unspecified atom stereocenters. The zero-order valence-corrected chi connectivity index (χ0v) is 17.2. The molecule has 3 rings (SSSR count). The Balaban J connectivity index is 0.00000156. The topological polar surface area (TPSA) is 71.7 Å². The molecule has 0 aromatic carbocycles. The lowest BCUT2D eigenvalue weighted by Gasteiger charge is -2.38. The zero-order valence-electron chi connectivity index (χ0n) is 14.0. The molecule has 1 amide bonds. The fourth-order valence-electron chi connectivity index (χ4n) is 3.20. The SMILES string of the molecule is Cl.Cl.NC(C(=O)N1CCN(c2ccc(Br)cn2)CC1)C1CCOCC1. The highest BCUT2D eigenvalue weighted by Gasteiger charge is 2.31. The first-order chi connectivity index (χ1) is 11.1. The second kappa shape index (κ2) is 10.5. The molecule has 0 bridgehead atoms. The Bertz CT molecular complexity index is 535. The quantitative estimate of drug-likeness (QED) is 0.755. The molecule has 2 fully saturated rings. The first kappa shape index (κ1) is 22.4. The number of aromatic nitrogens is 1. The van der Waals surface area contributed by atoms with Crippen molar-refractivity contribution in [1.82, 2.24) is 9.88 Å². The predicted molar refractivity (Wildman–Crippen MR) is 107 cm³/mol. The van der Waals surface area contributed by atoms with E-state index in [4.69, 9.17) is 10.5 Å². The van der Waals surface area contributed by atoms with E-state index in [-0.39, 0.29) is 36.6 Å². The van der Waals surface area contributed by atoms with Gasteiger partial charge in [0.05, 0.1) is 6.04 Å². The number of hydrogen-bond acceptors (Lipinski definition) is 5. The molecular formula is C16H25BrCl2N4O2. The summed E-state index contributed by atoms with van der Waals surface area (Å²) in [5.41, 5.74) is 6.21. The lowest BCUT2D eigenvalue weighted by molar-refractivity contribution is -0.135. The second-order valence-corrected chi connectivity index (χ2v) is 7.04. The Hall–Kier alpha value is -0.600. The van der Waals surface area contributed by atoms with E-state index >= 15 is 0 Å². The third-order valence-electron chi connectivity index (χ3n) is 4.69. The lowest BCUT2D eigenvalue weighted by atomic mass is 9.91. The third-order valence-corrected chi connectivity index (χ3v) is 5.16. The number of carbonyl (C=O) groups is 1. The Kier molecular flexibility index (Phi) is 9.45. The van der Waals surface area contributed by atoms with E-state index in [1.165, 1.54) is 0 Å². The van der Waals surface area contributed by atoms with Gasteiger partial charge in [-0.05, 0) is 46.8 Å². The van der Waals surface area contributed by atoms with Crippen LogP contribution in [0, 0.1) is 5.92 Å². The molecule has 142 valence electrons. The van der Waals surface area contributed by atoms with Crippen molar-refractivity contribution in [3.05, 3.63) is 22.8 Å². The highest BCUT2D eigenvalue weighted by molar-refractivity contribution is 9.10. The maximum absolute atomic E-state index is 12.6. The molecule has 2 N–H and O–H groups in total. The molecule has 2 aliphatic heterocycles.